The van der Waals surface area contributed by atoms with Crippen LogP contribution in [0.1, 0.15) is 15.9 Å². The molecule has 0 fully saturated rings. The third kappa shape index (κ3) is 5.22. The molecule has 0 bridgehead atoms. The van der Waals surface area contributed by atoms with Crippen molar-refractivity contribution in [1.29, 1.82) is 0 Å². The van der Waals surface area contributed by atoms with Crippen LogP contribution in [0.2, 0.25) is 0 Å². The number of benzene rings is 3. The van der Waals surface area contributed by atoms with Crippen molar-refractivity contribution in [2.75, 3.05) is 5.32 Å². The predicted molar refractivity (Wildman–Crippen MR) is 122 cm³/mol. The number of nitrogens with zero attached hydrogens (tertiary/aromatic N) is 2. The first-order chi connectivity index (χ1) is 15.6. The molecule has 2 amide bonds. The van der Waals surface area contributed by atoms with Crippen molar-refractivity contribution in [2.24, 2.45) is 0 Å². The Balaban J connectivity index is 1.52. The van der Waals surface area contributed by atoms with Gasteiger partial charge in [0, 0.05) is 12.0 Å². The second kappa shape index (κ2) is 9.93. The van der Waals surface area contributed by atoms with E-state index in [1.807, 2.05) is 60.7 Å². The van der Waals surface area contributed by atoms with Crippen LogP contribution in [0.25, 0.3) is 10.6 Å². The fourth-order valence-electron chi connectivity index (χ4n) is 3.10. The van der Waals surface area contributed by atoms with Crippen LogP contribution in [0.15, 0.2) is 84.9 Å². The van der Waals surface area contributed by atoms with Gasteiger partial charge in [-0.05, 0) is 17.7 Å². The van der Waals surface area contributed by atoms with Crippen LogP contribution >= 0.6 is 11.3 Å². The molecule has 0 saturated heterocycles. The van der Waals surface area contributed by atoms with Gasteiger partial charge in [0.05, 0.1) is 5.56 Å². The number of anilines is 1. The molecule has 0 aliphatic carbocycles. The molecular formula is C24H19FN4O2S. The first kappa shape index (κ1) is 21.3. The van der Waals surface area contributed by atoms with Crippen LogP contribution in [-0.4, -0.2) is 28.1 Å². The Morgan fingerprint density at radius 3 is 2.25 bits per heavy atom. The number of amides is 2. The topological polar surface area (TPSA) is 84.0 Å². The van der Waals surface area contributed by atoms with Crippen molar-refractivity contribution in [3.05, 3.63) is 102 Å². The van der Waals surface area contributed by atoms with Gasteiger partial charge in [-0.3, -0.25) is 14.9 Å². The van der Waals surface area contributed by atoms with E-state index in [2.05, 4.69) is 20.8 Å². The first-order valence-corrected chi connectivity index (χ1v) is 10.7. The summed E-state index contributed by atoms with van der Waals surface area (Å²) in [4.78, 5) is 25.7. The number of carbonyl (C=O) groups excluding carboxylic acids is 2. The molecule has 1 aromatic heterocycles. The lowest BCUT2D eigenvalue weighted by Gasteiger charge is -2.18. The van der Waals surface area contributed by atoms with E-state index in [-0.39, 0.29) is 12.0 Å². The van der Waals surface area contributed by atoms with E-state index in [1.54, 1.807) is 6.07 Å². The molecule has 0 radical (unpaired) electrons. The van der Waals surface area contributed by atoms with Crippen LogP contribution in [0.3, 0.4) is 0 Å². The predicted octanol–water partition coefficient (Wildman–Crippen LogP) is 4.32. The van der Waals surface area contributed by atoms with Crippen LogP contribution < -0.4 is 10.6 Å². The average molecular weight is 447 g/mol. The summed E-state index contributed by atoms with van der Waals surface area (Å²) in [7, 11) is 0. The minimum absolute atomic E-state index is 0.124. The van der Waals surface area contributed by atoms with E-state index in [1.165, 1.54) is 29.5 Å². The number of halogens is 1. The van der Waals surface area contributed by atoms with Gasteiger partial charge in [0.25, 0.3) is 5.91 Å². The van der Waals surface area contributed by atoms with E-state index in [0.717, 1.165) is 11.1 Å². The standard InChI is InChI=1S/C24H19FN4O2S/c25-19-14-8-7-13-18(19)21(30)26-20(15-16-9-3-1-4-10-16)22(31)27-24-29-28-23(32-24)17-11-5-2-6-12-17/h1-14,20H,15H2,(H,26,30)(H,27,29,31). The molecule has 8 heteroatoms. The normalized spacial score (nSPS) is 11.5. The molecule has 0 aliphatic heterocycles. The first-order valence-electron chi connectivity index (χ1n) is 9.89. The summed E-state index contributed by atoms with van der Waals surface area (Å²) in [6, 6.07) is 23.5. The van der Waals surface area contributed by atoms with Gasteiger partial charge in [-0.1, -0.05) is 84.1 Å². The highest BCUT2D eigenvalue weighted by Crippen LogP contribution is 2.26. The highest BCUT2D eigenvalue weighted by atomic mass is 32.1. The summed E-state index contributed by atoms with van der Waals surface area (Å²) in [6.45, 7) is 0. The van der Waals surface area contributed by atoms with E-state index in [4.69, 9.17) is 0 Å². The van der Waals surface area contributed by atoms with Gasteiger partial charge >= 0.3 is 0 Å². The molecule has 3 aromatic carbocycles. The minimum atomic E-state index is -0.936. The molecule has 160 valence electrons. The maximum Gasteiger partial charge on any atom is 0.254 e. The molecule has 1 atom stereocenters. The average Bonchev–Trinajstić information content (AvgIpc) is 3.28. The van der Waals surface area contributed by atoms with Crippen molar-refractivity contribution in [1.82, 2.24) is 15.5 Å². The second-order valence-electron chi connectivity index (χ2n) is 6.96. The molecule has 1 heterocycles. The van der Waals surface area contributed by atoms with Crippen molar-refractivity contribution in [2.45, 2.75) is 12.5 Å². The van der Waals surface area contributed by atoms with E-state index in [9.17, 15) is 14.0 Å². The maximum atomic E-state index is 14.1. The lowest BCUT2D eigenvalue weighted by Crippen LogP contribution is -2.45. The lowest BCUT2D eigenvalue weighted by molar-refractivity contribution is -0.118. The summed E-state index contributed by atoms with van der Waals surface area (Å²) in [5.74, 6) is -1.78. The molecule has 1 unspecified atom stereocenters. The molecule has 2 N–H and O–H groups in total. The highest BCUT2D eigenvalue weighted by Gasteiger charge is 2.24. The van der Waals surface area contributed by atoms with Crippen molar-refractivity contribution in [3.63, 3.8) is 0 Å². The summed E-state index contributed by atoms with van der Waals surface area (Å²) >= 11 is 1.23. The quantitative estimate of drug-likeness (QED) is 0.443. The Bertz CT molecular complexity index is 1210. The monoisotopic (exact) mass is 446 g/mol. The Morgan fingerprint density at radius 2 is 1.53 bits per heavy atom. The molecular weight excluding hydrogens is 427 g/mol. The summed E-state index contributed by atoms with van der Waals surface area (Å²) in [6.07, 6.45) is 0.233. The molecule has 6 nitrogen and oxygen atoms in total. The Kier molecular flexibility index (Phi) is 6.62. The van der Waals surface area contributed by atoms with Crippen LogP contribution in [0.5, 0.6) is 0 Å². The SMILES string of the molecule is O=C(NC(Cc1ccccc1)C(=O)Nc1nnc(-c2ccccc2)s1)c1ccccc1F. The third-order valence-corrected chi connectivity index (χ3v) is 5.59. The molecule has 4 rings (SSSR count). The van der Waals surface area contributed by atoms with Crippen molar-refractivity contribution in [3.8, 4) is 10.6 Å². The lowest BCUT2D eigenvalue weighted by atomic mass is 10.0. The summed E-state index contributed by atoms with van der Waals surface area (Å²) in [5.41, 5.74) is 1.61. The van der Waals surface area contributed by atoms with E-state index < -0.39 is 23.7 Å². The molecule has 0 saturated carbocycles. The Hall–Kier alpha value is -3.91. The highest BCUT2D eigenvalue weighted by molar-refractivity contribution is 7.18. The molecule has 4 aromatic rings. The van der Waals surface area contributed by atoms with E-state index >= 15 is 0 Å². The van der Waals surface area contributed by atoms with E-state index in [0.29, 0.717) is 10.1 Å². The van der Waals surface area contributed by atoms with Gasteiger partial charge in [-0.15, -0.1) is 10.2 Å². The number of hydrogen-bond acceptors (Lipinski definition) is 5. The molecule has 32 heavy (non-hydrogen) atoms. The van der Waals surface area contributed by atoms with Crippen molar-refractivity contribution < 1.29 is 14.0 Å². The molecule has 0 spiro atoms. The van der Waals surface area contributed by atoms with Gasteiger partial charge in [0.1, 0.15) is 16.9 Å². The number of rotatable bonds is 7. The molecule has 0 aliphatic rings. The van der Waals surface area contributed by atoms with Crippen LogP contribution in [0, 0.1) is 5.82 Å². The third-order valence-electron chi connectivity index (χ3n) is 4.70. The van der Waals surface area contributed by atoms with Crippen LogP contribution in [-0.2, 0) is 11.2 Å². The van der Waals surface area contributed by atoms with Crippen LogP contribution in [0.4, 0.5) is 9.52 Å². The number of hydrogen-bond donors (Lipinski definition) is 2. The smallest absolute Gasteiger partial charge is 0.254 e. The Morgan fingerprint density at radius 1 is 0.875 bits per heavy atom. The largest absolute Gasteiger partial charge is 0.340 e. The minimum Gasteiger partial charge on any atom is -0.340 e. The fourth-order valence-corrected chi connectivity index (χ4v) is 3.86. The zero-order valence-electron chi connectivity index (χ0n) is 16.9. The van der Waals surface area contributed by atoms with Gasteiger partial charge in [0.2, 0.25) is 11.0 Å². The van der Waals surface area contributed by atoms with Gasteiger partial charge in [-0.2, -0.15) is 0 Å². The summed E-state index contributed by atoms with van der Waals surface area (Å²) < 4.78 is 14.1. The fraction of sp³-hybridized carbons (Fsp3) is 0.0833. The number of aromatic nitrogens is 2. The van der Waals surface area contributed by atoms with Gasteiger partial charge in [-0.25, -0.2) is 4.39 Å². The Labute approximate surface area is 188 Å². The summed E-state index contributed by atoms with van der Waals surface area (Å²) in [5, 5.41) is 14.5. The van der Waals surface area contributed by atoms with Crippen molar-refractivity contribution >= 4 is 28.3 Å². The van der Waals surface area contributed by atoms with Gasteiger partial charge < -0.3 is 5.32 Å². The zero-order chi connectivity index (χ0) is 22.3. The van der Waals surface area contributed by atoms with Gasteiger partial charge in [0.15, 0.2) is 0 Å². The maximum absolute atomic E-state index is 14.1. The number of nitrogens with one attached hydrogen (secondary N) is 2. The zero-order valence-corrected chi connectivity index (χ0v) is 17.7. The second-order valence-corrected chi connectivity index (χ2v) is 7.94. The number of carbonyl (C=O) groups is 2.